The summed E-state index contributed by atoms with van der Waals surface area (Å²) in [4.78, 5) is 29.2. The quantitative estimate of drug-likeness (QED) is 0.126. The van der Waals surface area contributed by atoms with E-state index < -0.39 is 35.6 Å². The Morgan fingerprint density at radius 1 is 1.02 bits per heavy atom. The summed E-state index contributed by atoms with van der Waals surface area (Å²) < 4.78 is 87.0. The fourth-order valence-electron chi connectivity index (χ4n) is 3.27. The van der Waals surface area contributed by atoms with Crippen LogP contribution >= 0.6 is 11.6 Å². The molecule has 4 rings (SSSR count). The maximum Gasteiger partial charge on any atom is 0.490 e. The normalized spacial score (nSPS) is 11.2. The second-order valence-corrected chi connectivity index (χ2v) is 8.84. The molecule has 0 aliphatic carbocycles. The average Bonchev–Trinajstić information content (AvgIpc) is 3.26. The van der Waals surface area contributed by atoms with Gasteiger partial charge in [0.2, 0.25) is 11.9 Å². The van der Waals surface area contributed by atoms with Gasteiger partial charge in [-0.05, 0) is 42.0 Å². The molecule has 0 saturated carbocycles. The van der Waals surface area contributed by atoms with E-state index in [0.717, 1.165) is 24.3 Å². The van der Waals surface area contributed by atoms with Crippen molar-refractivity contribution < 1.29 is 45.4 Å². The van der Waals surface area contributed by atoms with Gasteiger partial charge >= 0.3 is 18.3 Å². The van der Waals surface area contributed by atoms with Crippen molar-refractivity contribution in [3.63, 3.8) is 0 Å². The number of aromatic nitrogens is 4. The van der Waals surface area contributed by atoms with Gasteiger partial charge < -0.3 is 21.1 Å². The zero-order valence-electron chi connectivity index (χ0n) is 22.1. The number of carboxylic acids is 1. The highest BCUT2D eigenvalue weighted by Crippen LogP contribution is 2.35. The first-order chi connectivity index (χ1) is 20.5. The Kier molecular flexibility index (Phi) is 10.2. The number of nitrogens with zero attached hydrogens (tertiary/aromatic N) is 4. The van der Waals surface area contributed by atoms with Crippen molar-refractivity contribution >= 4 is 52.3 Å². The van der Waals surface area contributed by atoms with Crippen molar-refractivity contribution in [2.45, 2.75) is 12.4 Å². The Labute approximate surface area is 248 Å². The van der Waals surface area contributed by atoms with Crippen LogP contribution in [-0.4, -0.2) is 42.9 Å². The molecule has 4 N–H and O–H groups in total. The molecule has 0 spiro atoms. The average molecular weight is 646 g/mol. The molecule has 0 bridgehead atoms. The molecule has 232 valence electrons. The second-order valence-electron chi connectivity index (χ2n) is 8.48. The van der Waals surface area contributed by atoms with Crippen LogP contribution in [-0.2, 0) is 22.8 Å². The molecule has 2 aromatic heterocycles. The van der Waals surface area contributed by atoms with Crippen LogP contribution in [0.4, 0.5) is 59.6 Å². The topological polar surface area (TPSA) is 134 Å². The number of halogens is 8. The number of carbonyl (C=O) groups excluding carboxylic acids is 1. The van der Waals surface area contributed by atoms with Crippen LogP contribution in [0.1, 0.15) is 5.56 Å². The van der Waals surface area contributed by atoms with Crippen molar-refractivity contribution in [3.8, 4) is 11.1 Å². The molecular weight excluding hydrogens is 627 g/mol. The van der Waals surface area contributed by atoms with Crippen LogP contribution in [0.15, 0.2) is 67.5 Å². The Balaban J connectivity index is 0.000000676. The van der Waals surface area contributed by atoms with Gasteiger partial charge in [0.1, 0.15) is 11.6 Å². The van der Waals surface area contributed by atoms with Gasteiger partial charge in [0, 0.05) is 30.7 Å². The van der Waals surface area contributed by atoms with Gasteiger partial charge in [0.05, 0.1) is 16.9 Å². The van der Waals surface area contributed by atoms with Crippen LogP contribution in [0.5, 0.6) is 0 Å². The van der Waals surface area contributed by atoms with E-state index in [1.807, 2.05) is 0 Å². The molecule has 2 heterocycles. The first-order valence-electron chi connectivity index (χ1n) is 11.8. The van der Waals surface area contributed by atoms with E-state index in [4.69, 9.17) is 21.5 Å². The lowest BCUT2D eigenvalue weighted by Gasteiger charge is -2.15. The third kappa shape index (κ3) is 8.90. The highest BCUT2D eigenvalue weighted by Gasteiger charge is 2.38. The van der Waals surface area contributed by atoms with E-state index in [1.54, 1.807) is 13.2 Å². The smallest absolute Gasteiger partial charge is 0.475 e. The molecule has 0 saturated heterocycles. The summed E-state index contributed by atoms with van der Waals surface area (Å²) in [7, 11) is 1.67. The van der Waals surface area contributed by atoms with E-state index in [9.17, 15) is 35.5 Å². The summed E-state index contributed by atoms with van der Waals surface area (Å²) in [5, 5.41) is 19.6. The summed E-state index contributed by atoms with van der Waals surface area (Å²) in [5.74, 6) is -3.79. The lowest BCUT2D eigenvalue weighted by atomic mass is 10.1. The van der Waals surface area contributed by atoms with Crippen LogP contribution < -0.4 is 16.0 Å². The van der Waals surface area contributed by atoms with E-state index in [2.05, 4.69) is 37.6 Å². The van der Waals surface area contributed by atoms with Crippen molar-refractivity contribution in [2.24, 2.45) is 7.05 Å². The van der Waals surface area contributed by atoms with Crippen LogP contribution in [0.25, 0.3) is 11.1 Å². The molecule has 44 heavy (non-hydrogen) atoms. The number of alkyl halides is 6. The monoisotopic (exact) mass is 645 g/mol. The number of aliphatic carboxylic acids is 1. The summed E-state index contributed by atoms with van der Waals surface area (Å²) >= 11 is 6.09. The summed E-state index contributed by atoms with van der Waals surface area (Å²) in [5.41, 5.74) is 0.429. The highest BCUT2D eigenvalue weighted by molar-refractivity contribution is 6.32. The van der Waals surface area contributed by atoms with Gasteiger partial charge in [0.25, 0.3) is 0 Å². The SMILES string of the molecule is C=CC(=O)Nc1ccc(F)c(Nc2nc(Nc3cn(C)nc3Cl)ncc2-c2ccc(C(F)(F)F)cc2)c1.O=C(O)C(F)(F)F. The third-order valence-corrected chi connectivity index (χ3v) is 5.54. The molecule has 18 heteroatoms. The lowest BCUT2D eigenvalue weighted by Crippen LogP contribution is -2.21. The van der Waals surface area contributed by atoms with E-state index in [1.165, 1.54) is 35.1 Å². The first kappa shape index (κ1) is 33.3. The summed E-state index contributed by atoms with van der Waals surface area (Å²) in [6, 6.07) is 8.19. The number of carbonyl (C=O) groups is 2. The van der Waals surface area contributed by atoms with E-state index in [0.29, 0.717) is 11.3 Å². The van der Waals surface area contributed by atoms with Gasteiger partial charge in [-0.2, -0.15) is 36.4 Å². The fourth-order valence-corrected chi connectivity index (χ4v) is 3.49. The van der Waals surface area contributed by atoms with Crippen molar-refractivity contribution in [1.82, 2.24) is 19.7 Å². The number of benzene rings is 2. The van der Waals surface area contributed by atoms with Gasteiger partial charge in [-0.1, -0.05) is 30.3 Å². The van der Waals surface area contributed by atoms with Gasteiger partial charge in [-0.25, -0.2) is 14.2 Å². The van der Waals surface area contributed by atoms with Crippen molar-refractivity contribution in [2.75, 3.05) is 16.0 Å². The molecule has 1 amide bonds. The highest BCUT2D eigenvalue weighted by atomic mass is 35.5. The number of hydrogen-bond acceptors (Lipinski definition) is 7. The molecule has 0 atom stereocenters. The van der Waals surface area contributed by atoms with Gasteiger partial charge in [-0.15, -0.1) is 0 Å². The predicted octanol–water partition coefficient (Wildman–Crippen LogP) is 6.93. The Morgan fingerprint density at radius 3 is 2.18 bits per heavy atom. The van der Waals surface area contributed by atoms with Crippen molar-refractivity contribution in [3.05, 3.63) is 84.0 Å². The first-order valence-corrected chi connectivity index (χ1v) is 12.2. The molecular formula is C26H19ClF7N7O3. The third-order valence-electron chi connectivity index (χ3n) is 5.26. The van der Waals surface area contributed by atoms with E-state index >= 15 is 0 Å². The number of hydrogen-bond donors (Lipinski definition) is 4. The molecule has 2 aromatic carbocycles. The Hall–Kier alpha value is -5.19. The number of aryl methyl sites for hydroxylation is 1. The molecule has 0 unspecified atom stereocenters. The summed E-state index contributed by atoms with van der Waals surface area (Å²) in [6.45, 7) is 3.37. The number of carboxylic acid groups (broad SMARTS) is 1. The van der Waals surface area contributed by atoms with Crippen LogP contribution in [0.3, 0.4) is 0 Å². The molecule has 0 aliphatic heterocycles. The minimum atomic E-state index is -5.08. The van der Waals surface area contributed by atoms with Gasteiger partial charge in [0.15, 0.2) is 5.15 Å². The predicted molar refractivity (Wildman–Crippen MR) is 146 cm³/mol. The molecule has 4 aromatic rings. The van der Waals surface area contributed by atoms with Crippen molar-refractivity contribution in [1.29, 1.82) is 0 Å². The maximum atomic E-state index is 14.7. The van der Waals surface area contributed by atoms with Crippen LogP contribution in [0.2, 0.25) is 5.15 Å². The van der Waals surface area contributed by atoms with E-state index in [-0.39, 0.29) is 33.9 Å². The Bertz CT molecular complexity index is 1670. The molecule has 0 radical (unpaired) electrons. The number of amides is 1. The minimum Gasteiger partial charge on any atom is -0.475 e. The second kappa shape index (κ2) is 13.4. The number of rotatable bonds is 7. The van der Waals surface area contributed by atoms with Gasteiger partial charge in [-0.3, -0.25) is 9.48 Å². The molecule has 0 fully saturated rings. The lowest BCUT2D eigenvalue weighted by molar-refractivity contribution is -0.192. The summed E-state index contributed by atoms with van der Waals surface area (Å²) in [6.07, 6.45) is -5.57. The zero-order valence-corrected chi connectivity index (χ0v) is 22.8. The number of nitrogens with one attached hydrogen (secondary N) is 3. The fraction of sp³-hybridized carbons (Fsp3) is 0.115. The Morgan fingerprint density at radius 2 is 1.66 bits per heavy atom. The molecule has 0 aliphatic rings. The maximum absolute atomic E-state index is 14.7. The minimum absolute atomic E-state index is 0.0564. The largest absolute Gasteiger partial charge is 0.490 e. The molecule has 10 nitrogen and oxygen atoms in total. The van der Waals surface area contributed by atoms with Crippen LogP contribution in [0, 0.1) is 5.82 Å². The zero-order chi connectivity index (χ0) is 32.8. The standard InChI is InChI=1S/C24H18ClF4N7O.C2HF3O2/c1-3-20(37)31-15-8-9-17(26)18(10-15)32-22-16(13-4-6-14(7-5-13)24(27,28)29)11-30-23(34-22)33-19-12-36(2)35-21(19)25;3-2(4,5)1(6)7/h3-12H,1H2,2H3,(H,31,37)(H2,30,32,33,34);(H,6,7). The number of anilines is 5.